The van der Waals surface area contributed by atoms with Crippen LogP contribution in [0.2, 0.25) is 0 Å². The van der Waals surface area contributed by atoms with Crippen LogP contribution in [0.1, 0.15) is 15.9 Å². The predicted molar refractivity (Wildman–Crippen MR) is 93.2 cm³/mol. The monoisotopic (exact) mass is 339 g/mol. The zero-order chi connectivity index (χ0) is 17.8. The minimum atomic E-state index is -0.667. The number of nitrogens with one attached hydrogen (secondary N) is 1. The summed E-state index contributed by atoms with van der Waals surface area (Å²) in [5.74, 6) is 0.740. The first-order chi connectivity index (χ1) is 12.1. The lowest BCUT2D eigenvalue weighted by Gasteiger charge is -2.09. The van der Waals surface area contributed by atoms with Crippen molar-refractivity contribution in [1.82, 2.24) is 5.32 Å². The van der Waals surface area contributed by atoms with Crippen molar-refractivity contribution in [2.24, 2.45) is 0 Å². The molecule has 1 aromatic heterocycles. The summed E-state index contributed by atoms with van der Waals surface area (Å²) < 4.78 is 15.6. The minimum Gasteiger partial charge on any atom is -0.497 e. The Kier molecular flexibility index (Phi) is 4.70. The van der Waals surface area contributed by atoms with E-state index in [1.54, 1.807) is 50.6 Å². The Labute approximate surface area is 144 Å². The van der Waals surface area contributed by atoms with Crippen LogP contribution in [-0.2, 0) is 6.54 Å². The Morgan fingerprint density at radius 3 is 2.40 bits per heavy atom. The Bertz CT molecular complexity index is 955. The smallest absolute Gasteiger partial charge is 0.349 e. The van der Waals surface area contributed by atoms with E-state index in [2.05, 4.69) is 5.32 Å². The molecule has 25 heavy (non-hydrogen) atoms. The molecule has 6 nitrogen and oxygen atoms in total. The zero-order valence-electron chi connectivity index (χ0n) is 13.9. The molecule has 2 aromatic carbocycles. The molecule has 0 atom stereocenters. The van der Waals surface area contributed by atoms with Crippen molar-refractivity contribution in [3.63, 3.8) is 0 Å². The van der Waals surface area contributed by atoms with Gasteiger partial charge in [-0.3, -0.25) is 4.79 Å². The van der Waals surface area contributed by atoms with E-state index < -0.39 is 11.5 Å². The van der Waals surface area contributed by atoms with Crippen LogP contribution in [0, 0.1) is 0 Å². The molecular weight excluding hydrogens is 322 g/mol. The Morgan fingerprint density at radius 2 is 1.72 bits per heavy atom. The molecule has 0 aliphatic rings. The fourth-order valence-electron chi connectivity index (χ4n) is 2.47. The van der Waals surface area contributed by atoms with E-state index in [0.717, 1.165) is 5.56 Å². The number of carbonyl (C=O) groups excluding carboxylic acids is 1. The zero-order valence-corrected chi connectivity index (χ0v) is 13.9. The van der Waals surface area contributed by atoms with E-state index >= 15 is 0 Å². The molecule has 0 bridgehead atoms. The summed E-state index contributed by atoms with van der Waals surface area (Å²) in [5, 5.41) is 3.40. The van der Waals surface area contributed by atoms with Gasteiger partial charge in [0.05, 0.1) is 14.2 Å². The van der Waals surface area contributed by atoms with E-state index in [9.17, 15) is 9.59 Å². The quantitative estimate of drug-likeness (QED) is 0.723. The molecule has 3 aromatic rings. The first-order valence-corrected chi connectivity index (χ1v) is 7.64. The highest BCUT2D eigenvalue weighted by Gasteiger charge is 2.13. The van der Waals surface area contributed by atoms with E-state index in [-0.39, 0.29) is 12.1 Å². The van der Waals surface area contributed by atoms with Gasteiger partial charge in [-0.2, -0.15) is 0 Å². The molecule has 0 spiro atoms. The molecule has 3 rings (SSSR count). The summed E-state index contributed by atoms with van der Waals surface area (Å²) in [6.07, 6.45) is 0. The van der Waals surface area contributed by atoms with Crippen LogP contribution in [0.25, 0.3) is 11.0 Å². The van der Waals surface area contributed by atoms with Gasteiger partial charge in [0.15, 0.2) is 0 Å². The van der Waals surface area contributed by atoms with E-state index in [4.69, 9.17) is 13.9 Å². The lowest BCUT2D eigenvalue weighted by molar-refractivity contribution is 0.0947. The molecule has 0 unspecified atom stereocenters. The number of fused-ring (bicyclic) bond motifs is 1. The van der Waals surface area contributed by atoms with Gasteiger partial charge in [-0.25, -0.2) is 4.79 Å². The van der Waals surface area contributed by atoms with Gasteiger partial charge in [0.1, 0.15) is 22.6 Å². The molecule has 0 radical (unpaired) electrons. The van der Waals surface area contributed by atoms with Crippen LogP contribution in [-0.4, -0.2) is 20.1 Å². The van der Waals surface area contributed by atoms with Crippen LogP contribution >= 0.6 is 0 Å². The average molecular weight is 339 g/mol. The summed E-state index contributed by atoms with van der Waals surface area (Å²) >= 11 is 0. The normalized spacial score (nSPS) is 10.5. The SMILES string of the molecule is COc1cc(CNC(=O)c2cc3ccccc3oc2=O)cc(OC)c1. The number of hydrogen-bond acceptors (Lipinski definition) is 5. The Hall–Kier alpha value is -3.28. The maximum atomic E-state index is 12.4. The van der Waals surface area contributed by atoms with Crippen molar-refractivity contribution in [3.8, 4) is 11.5 Å². The van der Waals surface area contributed by atoms with Gasteiger partial charge in [-0.1, -0.05) is 18.2 Å². The van der Waals surface area contributed by atoms with Crippen LogP contribution in [0.4, 0.5) is 0 Å². The summed E-state index contributed by atoms with van der Waals surface area (Å²) in [7, 11) is 3.11. The van der Waals surface area contributed by atoms with Crippen molar-refractivity contribution >= 4 is 16.9 Å². The van der Waals surface area contributed by atoms with Gasteiger partial charge < -0.3 is 19.2 Å². The lowest BCUT2D eigenvalue weighted by atomic mass is 10.1. The van der Waals surface area contributed by atoms with Gasteiger partial charge >= 0.3 is 5.63 Å². The number of rotatable bonds is 5. The third-order valence-electron chi connectivity index (χ3n) is 3.75. The molecule has 1 N–H and O–H groups in total. The van der Waals surface area contributed by atoms with E-state index in [1.165, 1.54) is 6.07 Å². The Balaban J connectivity index is 1.81. The standard InChI is InChI=1S/C19H17NO5/c1-23-14-7-12(8-15(10-14)24-2)11-20-18(21)16-9-13-5-3-4-6-17(13)25-19(16)22/h3-10H,11H2,1-2H3,(H,20,21). The fourth-order valence-corrected chi connectivity index (χ4v) is 2.47. The number of methoxy groups -OCH3 is 2. The maximum Gasteiger partial charge on any atom is 0.349 e. The van der Waals surface area contributed by atoms with Crippen LogP contribution in [0.3, 0.4) is 0 Å². The van der Waals surface area contributed by atoms with Crippen molar-refractivity contribution in [2.45, 2.75) is 6.54 Å². The van der Waals surface area contributed by atoms with Gasteiger partial charge in [-0.15, -0.1) is 0 Å². The second-order valence-electron chi connectivity index (χ2n) is 5.39. The largest absolute Gasteiger partial charge is 0.497 e. The third kappa shape index (κ3) is 3.63. The van der Waals surface area contributed by atoms with Gasteiger partial charge in [0.2, 0.25) is 0 Å². The van der Waals surface area contributed by atoms with E-state index in [0.29, 0.717) is 22.5 Å². The molecule has 0 saturated heterocycles. The number of amides is 1. The van der Waals surface area contributed by atoms with Crippen LogP contribution in [0.5, 0.6) is 11.5 Å². The number of ether oxygens (including phenoxy) is 2. The van der Waals surface area contributed by atoms with Crippen molar-refractivity contribution in [3.05, 3.63) is 70.1 Å². The molecular formula is C19H17NO5. The predicted octanol–water partition coefficient (Wildman–Crippen LogP) is 2.74. The summed E-state index contributed by atoms with van der Waals surface area (Å²) in [6, 6.07) is 13.9. The number of benzene rings is 2. The summed E-state index contributed by atoms with van der Waals surface area (Å²) in [6.45, 7) is 0.221. The average Bonchev–Trinajstić information content (AvgIpc) is 2.65. The fraction of sp³-hybridized carbons (Fsp3) is 0.158. The third-order valence-corrected chi connectivity index (χ3v) is 3.75. The maximum absolute atomic E-state index is 12.4. The number of carbonyl (C=O) groups is 1. The first kappa shape index (κ1) is 16.6. The highest BCUT2D eigenvalue weighted by atomic mass is 16.5. The van der Waals surface area contributed by atoms with E-state index in [1.807, 2.05) is 6.07 Å². The van der Waals surface area contributed by atoms with Crippen LogP contribution in [0.15, 0.2) is 57.7 Å². The first-order valence-electron chi connectivity index (χ1n) is 7.64. The van der Waals surface area contributed by atoms with Crippen molar-refractivity contribution in [2.75, 3.05) is 14.2 Å². The number of para-hydroxylation sites is 1. The molecule has 0 fully saturated rings. The van der Waals surface area contributed by atoms with Crippen LogP contribution < -0.4 is 20.4 Å². The molecule has 6 heteroatoms. The van der Waals surface area contributed by atoms with Gasteiger partial charge in [-0.05, 0) is 29.8 Å². The summed E-state index contributed by atoms with van der Waals surface area (Å²) in [5.41, 5.74) is 0.532. The topological polar surface area (TPSA) is 77.8 Å². The summed E-state index contributed by atoms with van der Waals surface area (Å²) in [4.78, 5) is 24.4. The molecule has 128 valence electrons. The molecule has 1 heterocycles. The molecule has 0 aliphatic carbocycles. The Morgan fingerprint density at radius 1 is 1.04 bits per heavy atom. The highest BCUT2D eigenvalue weighted by Crippen LogP contribution is 2.22. The second kappa shape index (κ2) is 7.09. The van der Waals surface area contributed by atoms with Gasteiger partial charge in [0, 0.05) is 18.0 Å². The molecule has 0 aliphatic heterocycles. The second-order valence-corrected chi connectivity index (χ2v) is 5.39. The molecule has 0 saturated carbocycles. The van der Waals surface area contributed by atoms with Crippen molar-refractivity contribution < 1.29 is 18.7 Å². The minimum absolute atomic E-state index is 0.0337. The lowest BCUT2D eigenvalue weighted by Crippen LogP contribution is -2.27. The highest BCUT2D eigenvalue weighted by molar-refractivity contribution is 5.96. The van der Waals surface area contributed by atoms with Gasteiger partial charge in [0.25, 0.3) is 5.91 Å². The van der Waals surface area contributed by atoms with Crippen molar-refractivity contribution in [1.29, 1.82) is 0 Å². The molecule has 1 amide bonds. The number of hydrogen-bond donors (Lipinski definition) is 1.